The minimum atomic E-state index is -0.259. The van der Waals surface area contributed by atoms with E-state index in [0.29, 0.717) is 18.8 Å². The van der Waals surface area contributed by atoms with E-state index in [0.717, 1.165) is 44.1 Å². The molecule has 1 fully saturated rings. The number of hydrogen-bond acceptors (Lipinski definition) is 4. The molecule has 1 aliphatic rings. The molecule has 0 atom stereocenters. The van der Waals surface area contributed by atoms with Crippen LogP contribution in [0.4, 0.5) is 0 Å². The molecule has 1 aromatic carbocycles. The first-order valence-corrected chi connectivity index (χ1v) is 10.0. The summed E-state index contributed by atoms with van der Waals surface area (Å²) < 4.78 is 11.2. The number of carbonyl (C=O) groups is 1. The van der Waals surface area contributed by atoms with Gasteiger partial charge in [-0.2, -0.15) is 0 Å². The summed E-state index contributed by atoms with van der Waals surface area (Å²) in [4.78, 5) is 14.8. The number of nitrogens with zero attached hydrogens (tertiary/aromatic N) is 1. The SMILES string of the molecule is CCCCOc1ccc(C(=O)OCC(C)(C)CN2CCC(C)CC2)cc1. The van der Waals surface area contributed by atoms with Crippen LogP contribution in [0.2, 0.25) is 0 Å². The van der Waals surface area contributed by atoms with Gasteiger partial charge in [-0.15, -0.1) is 0 Å². The van der Waals surface area contributed by atoms with E-state index in [4.69, 9.17) is 9.47 Å². The lowest BCUT2D eigenvalue weighted by molar-refractivity contribution is 0.0238. The van der Waals surface area contributed by atoms with Crippen molar-refractivity contribution in [2.45, 2.75) is 53.4 Å². The number of likely N-dealkylation sites (tertiary alicyclic amines) is 1. The lowest BCUT2D eigenvalue weighted by atomic mass is 9.91. The number of rotatable bonds is 9. The zero-order chi connectivity index (χ0) is 19.0. The number of hydrogen-bond donors (Lipinski definition) is 0. The predicted octanol–water partition coefficient (Wildman–Crippen LogP) is 4.78. The Balaban J connectivity index is 1.77. The van der Waals surface area contributed by atoms with Gasteiger partial charge < -0.3 is 14.4 Å². The van der Waals surface area contributed by atoms with E-state index < -0.39 is 0 Å². The van der Waals surface area contributed by atoms with Gasteiger partial charge in [0.25, 0.3) is 0 Å². The van der Waals surface area contributed by atoms with Crippen molar-refractivity contribution in [3.8, 4) is 5.75 Å². The molecule has 0 saturated carbocycles. The van der Waals surface area contributed by atoms with Crippen LogP contribution in [0, 0.1) is 11.3 Å². The van der Waals surface area contributed by atoms with Crippen molar-refractivity contribution in [3.05, 3.63) is 29.8 Å². The Morgan fingerprint density at radius 3 is 2.46 bits per heavy atom. The summed E-state index contributed by atoms with van der Waals surface area (Å²) in [6, 6.07) is 7.24. The summed E-state index contributed by atoms with van der Waals surface area (Å²) in [5.41, 5.74) is 0.537. The Bertz CT molecular complexity index is 545. The van der Waals surface area contributed by atoms with Gasteiger partial charge in [-0.25, -0.2) is 4.79 Å². The van der Waals surface area contributed by atoms with E-state index in [1.54, 1.807) is 12.1 Å². The van der Waals surface area contributed by atoms with Gasteiger partial charge in [0.1, 0.15) is 5.75 Å². The second-order valence-electron chi connectivity index (χ2n) is 8.43. The van der Waals surface area contributed by atoms with Gasteiger partial charge in [-0.1, -0.05) is 34.1 Å². The highest BCUT2D eigenvalue weighted by atomic mass is 16.5. The third-order valence-corrected chi connectivity index (χ3v) is 4.98. The molecule has 1 heterocycles. The van der Waals surface area contributed by atoms with Crippen LogP contribution < -0.4 is 4.74 Å². The average Bonchev–Trinajstić information content (AvgIpc) is 2.62. The number of piperidine rings is 1. The fraction of sp³-hybridized carbons (Fsp3) is 0.682. The first-order chi connectivity index (χ1) is 12.4. The van der Waals surface area contributed by atoms with Crippen molar-refractivity contribution in [2.24, 2.45) is 11.3 Å². The second kappa shape index (κ2) is 9.96. The van der Waals surface area contributed by atoms with Crippen LogP contribution in [-0.4, -0.2) is 43.7 Å². The summed E-state index contributed by atoms with van der Waals surface area (Å²) >= 11 is 0. The van der Waals surface area contributed by atoms with Gasteiger partial charge in [0.2, 0.25) is 0 Å². The zero-order valence-electron chi connectivity index (χ0n) is 16.9. The fourth-order valence-corrected chi connectivity index (χ4v) is 3.24. The molecule has 146 valence electrons. The van der Waals surface area contributed by atoms with E-state index in [-0.39, 0.29) is 11.4 Å². The smallest absolute Gasteiger partial charge is 0.338 e. The minimum absolute atomic E-state index is 0.0422. The molecule has 0 aromatic heterocycles. The molecule has 0 aliphatic carbocycles. The van der Waals surface area contributed by atoms with Crippen LogP contribution in [0.1, 0.15) is 63.7 Å². The first-order valence-electron chi connectivity index (χ1n) is 10.0. The predicted molar refractivity (Wildman–Crippen MR) is 106 cm³/mol. The number of ether oxygens (including phenoxy) is 2. The first kappa shape index (κ1) is 20.8. The normalized spacial score (nSPS) is 16.5. The largest absolute Gasteiger partial charge is 0.494 e. The molecular weight excluding hydrogens is 326 g/mol. The van der Waals surface area contributed by atoms with Gasteiger partial charge in [0.05, 0.1) is 18.8 Å². The molecule has 4 heteroatoms. The second-order valence-corrected chi connectivity index (χ2v) is 8.43. The third-order valence-electron chi connectivity index (χ3n) is 4.98. The number of unbranched alkanes of at least 4 members (excludes halogenated alkanes) is 1. The highest BCUT2D eigenvalue weighted by Crippen LogP contribution is 2.23. The summed E-state index contributed by atoms with van der Waals surface area (Å²) in [6.07, 6.45) is 4.68. The Kier molecular flexibility index (Phi) is 7.95. The van der Waals surface area contributed by atoms with E-state index in [9.17, 15) is 4.79 Å². The molecule has 0 unspecified atom stereocenters. The van der Waals surface area contributed by atoms with Crippen LogP contribution >= 0.6 is 0 Å². The van der Waals surface area contributed by atoms with Gasteiger partial charge in [0.15, 0.2) is 0 Å². The maximum atomic E-state index is 12.3. The molecule has 0 radical (unpaired) electrons. The van der Waals surface area contributed by atoms with Crippen molar-refractivity contribution in [1.29, 1.82) is 0 Å². The number of carbonyl (C=O) groups excluding carboxylic acids is 1. The lowest BCUT2D eigenvalue weighted by Gasteiger charge is -2.36. The topological polar surface area (TPSA) is 38.8 Å². The fourth-order valence-electron chi connectivity index (χ4n) is 3.24. The van der Waals surface area contributed by atoms with Crippen LogP contribution in [-0.2, 0) is 4.74 Å². The average molecular weight is 362 g/mol. The quantitative estimate of drug-likeness (QED) is 0.469. The van der Waals surface area contributed by atoms with Gasteiger partial charge in [0, 0.05) is 12.0 Å². The molecular formula is C22H35NO3. The zero-order valence-corrected chi connectivity index (χ0v) is 16.9. The lowest BCUT2D eigenvalue weighted by Crippen LogP contribution is -2.41. The number of benzene rings is 1. The molecule has 0 spiro atoms. The van der Waals surface area contributed by atoms with Crippen LogP contribution in [0.5, 0.6) is 5.75 Å². The summed E-state index contributed by atoms with van der Waals surface area (Å²) in [6.45, 7) is 13.2. The van der Waals surface area contributed by atoms with Crippen LogP contribution in [0.25, 0.3) is 0 Å². The van der Waals surface area contributed by atoms with Crippen LogP contribution in [0.3, 0.4) is 0 Å². The van der Waals surface area contributed by atoms with Gasteiger partial charge in [-0.3, -0.25) is 0 Å². The molecule has 4 nitrogen and oxygen atoms in total. The minimum Gasteiger partial charge on any atom is -0.494 e. The maximum Gasteiger partial charge on any atom is 0.338 e. The highest BCUT2D eigenvalue weighted by molar-refractivity contribution is 5.89. The van der Waals surface area contributed by atoms with Gasteiger partial charge >= 0.3 is 5.97 Å². The van der Waals surface area contributed by atoms with Crippen molar-refractivity contribution in [1.82, 2.24) is 4.90 Å². The van der Waals surface area contributed by atoms with Crippen molar-refractivity contribution in [3.63, 3.8) is 0 Å². The van der Waals surface area contributed by atoms with Gasteiger partial charge in [-0.05, 0) is 62.5 Å². The molecule has 1 aromatic rings. The summed E-state index contributed by atoms with van der Waals surface area (Å²) in [7, 11) is 0. The Morgan fingerprint density at radius 2 is 1.85 bits per heavy atom. The molecule has 2 rings (SSSR count). The summed E-state index contributed by atoms with van der Waals surface area (Å²) in [5, 5.41) is 0. The molecule has 0 amide bonds. The highest BCUT2D eigenvalue weighted by Gasteiger charge is 2.26. The standard InChI is InChI=1S/C22H35NO3/c1-5-6-15-25-20-9-7-19(8-10-20)21(24)26-17-22(3,4)16-23-13-11-18(2)12-14-23/h7-10,18H,5-6,11-17H2,1-4H3. The Labute approximate surface area is 158 Å². The van der Waals surface area contributed by atoms with E-state index >= 15 is 0 Å². The van der Waals surface area contributed by atoms with Crippen molar-refractivity contribution >= 4 is 5.97 Å². The summed E-state index contributed by atoms with van der Waals surface area (Å²) in [5.74, 6) is 1.38. The Morgan fingerprint density at radius 1 is 1.19 bits per heavy atom. The van der Waals surface area contributed by atoms with E-state index in [2.05, 4.69) is 32.6 Å². The monoisotopic (exact) mass is 361 g/mol. The number of esters is 1. The van der Waals surface area contributed by atoms with Crippen LogP contribution in [0.15, 0.2) is 24.3 Å². The maximum absolute atomic E-state index is 12.3. The molecule has 0 bridgehead atoms. The van der Waals surface area contributed by atoms with E-state index in [1.807, 2.05) is 12.1 Å². The molecule has 1 aliphatic heterocycles. The third kappa shape index (κ3) is 6.99. The Hall–Kier alpha value is -1.55. The van der Waals surface area contributed by atoms with E-state index in [1.165, 1.54) is 12.8 Å². The van der Waals surface area contributed by atoms with Crippen molar-refractivity contribution < 1.29 is 14.3 Å². The molecule has 0 N–H and O–H groups in total. The molecule has 26 heavy (non-hydrogen) atoms. The molecule has 1 saturated heterocycles. The van der Waals surface area contributed by atoms with Crippen molar-refractivity contribution in [2.75, 3.05) is 32.8 Å².